The zero-order valence-electron chi connectivity index (χ0n) is 18.4. The molecule has 3 aromatic rings. The van der Waals surface area contributed by atoms with Crippen LogP contribution in [-0.4, -0.2) is 44.9 Å². The summed E-state index contributed by atoms with van der Waals surface area (Å²) in [7, 11) is 0. The molecule has 1 aromatic heterocycles. The van der Waals surface area contributed by atoms with Crippen LogP contribution in [0.1, 0.15) is 30.0 Å². The van der Waals surface area contributed by atoms with Crippen LogP contribution in [0.3, 0.4) is 0 Å². The number of thioether (sulfide) groups is 1. The zero-order valence-corrected chi connectivity index (χ0v) is 19.2. The summed E-state index contributed by atoms with van der Waals surface area (Å²) in [6.45, 7) is 4.54. The summed E-state index contributed by atoms with van der Waals surface area (Å²) in [5.41, 5.74) is 1.71. The second kappa shape index (κ2) is 11.8. The number of aromatic nitrogens is 3. The molecule has 0 radical (unpaired) electrons. The third kappa shape index (κ3) is 6.91. The van der Waals surface area contributed by atoms with Crippen molar-refractivity contribution in [3.8, 4) is 0 Å². The number of carbonyl (C=O) groups is 3. The summed E-state index contributed by atoms with van der Waals surface area (Å²) in [5.74, 6) is -0.170. The van der Waals surface area contributed by atoms with Crippen LogP contribution >= 0.6 is 11.8 Å². The molecule has 2 N–H and O–H groups in total. The molecule has 9 nitrogen and oxygen atoms in total. The maximum absolute atomic E-state index is 12.3. The number of anilines is 2. The molecule has 2 aromatic carbocycles. The summed E-state index contributed by atoms with van der Waals surface area (Å²) >= 11 is 1.24. The van der Waals surface area contributed by atoms with Crippen molar-refractivity contribution in [2.45, 2.75) is 32.0 Å². The fourth-order valence-corrected chi connectivity index (χ4v) is 3.80. The SMILES string of the molecule is CCOC(=O)c1ccc(NC(=O)CSc2nnc(CC(=O)Nc3ccccc3)n2CC)cc1. The average Bonchev–Trinajstić information content (AvgIpc) is 3.20. The van der Waals surface area contributed by atoms with Gasteiger partial charge in [0.05, 0.1) is 24.3 Å². The Morgan fingerprint density at radius 1 is 0.909 bits per heavy atom. The number of nitrogens with zero attached hydrogens (tertiary/aromatic N) is 3. The lowest BCUT2D eigenvalue weighted by Crippen LogP contribution is -2.18. The van der Waals surface area contributed by atoms with Gasteiger partial charge in [0.15, 0.2) is 5.16 Å². The van der Waals surface area contributed by atoms with Gasteiger partial charge in [-0.05, 0) is 50.2 Å². The predicted octanol–water partition coefficient (Wildman–Crippen LogP) is 3.39. The van der Waals surface area contributed by atoms with Crippen molar-refractivity contribution >= 4 is 40.9 Å². The molecule has 0 bridgehead atoms. The van der Waals surface area contributed by atoms with Crippen LogP contribution < -0.4 is 10.6 Å². The Morgan fingerprint density at radius 3 is 2.24 bits per heavy atom. The number of hydrogen-bond donors (Lipinski definition) is 2. The molecule has 0 saturated heterocycles. The molecule has 0 aliphatic carbocycles. The van der Waals surface area contributed by atoms with Crippen LogP contribution in [0, 0.1) is 0 Å². The maximum Gasteiger partial charge on any atom is 0.338 e. The number of carbonyl (C=O) groups excluding carboxylic acids is 3. The first-order valence-electron chi connectivity index (χ1n) is 10.5. The Bertz CT molecular complexity index is 1100. The molecule has 10 heteroatoms. The number of hydrogen-bond acceptors (Lipinski definition) is 7. The minimum Gasteiger partial charge on any atom is -0.462 e. The van der Waals surface area contributed by atoms with E-state index in [1.54, 1.807) is 31.2 Å². The third-order valence-corrected chi connectivity index (χ3v) is 5.46. The predicted molar refractivity (Wildman–Crippen MR) is 126 cm³/mol. The fraction of sp³-hybridized carbons (Fsp3) is 0.261. The largest absolute Gasteiger partial charge is 0.462 e. The van der Waals surface area contributed by atoms with Crippen LogP contribution in [0.15, 0.2) is 59.8 Å². The number of amides is 2. The molecule has 172 valence electrons. The van der Waals surface area contributed by atoms with E-state index in [1.165, 1.54) is 11.8 Å². The quantitative estimate of drug-likeness (QED) is 0.347. The van der Waals surface area contributed by atoms with Crippen molar-refractivity contribution < 1.29 is 19.1 Å². The highest BCUT2D eigenvalue weighted by Gasteiger charge is 2.16. The molecular formula is C23H25N5O4S. The van der Waals surface area contributed by atoms with Gasteiger partial charge in [0.1, 0.15) is 5.82 Å². The lowest BCUT2D eigenvalue weighted by atomic mass is 10.2. The van der Waals surface area contributed by atoms with Gasteiger partial charge in [0.25, 0.3) is 0 Å². The van der Waals surface area contributed by atoms with E-state index >= 15 is 0 Å². The summed E-state index contributed by atoms with van der Waals surface area (Å²) in [5, 5.41) is 14.4. The van der Waals surface area contributed by atoms with E-state index in [0.717, 1.165) is 0 Å². The van der Waals surface area contributed by atoms with Gasteiger partial charge in [-0.15, -0.1) is 10.2 Å². The molecule has 0 aliphatic heterocycles. The molecule has 0 atom stereocenters. The first-order chi connectivity index (χ1) is 16.0. The highest BCUT2D eigenvalue weighted by molar-refractivity contribution is 7.99. The molecule has 3 rings (SSSR count). The number of benzene rings is 2. The van der Waals surface area contributed by atoms with Crippen LogP contribution in [0.25, 0.3) is 0 Å². The zero-order chi connectivity index (χ0) is 23.6. The smallest absolute Gasteiger partial charge is 0.338 e. The molecule has 0 unspecified atom stereocenters. The minimum atomic E-state index is -0.405. The van der Waals surface area contributed by atoms with E-state index in [-0.39, 0.29) is 24.0 Å². The monoisotopic (exact) mass is 467 g/mol. The average molecular weight is 468 g/mol. The molecule has 0 fully saturated rings. The molecule has 1 heterocycles. The van der Waals surface area contributed by atoms with Crippen LogP contribution in [0.4, 0.5) is 11.4 Å². The van der Waals surface area contributed by atoms with Crippen molar-refractivity contribution in [1.82, 2.24) is 14.8 Å². The second-order valence-corrected chi connectivity index (χ2v) is 7.81. The highest BCUT2D eigenvalue weighted by Crippen LogP contribution is 2.19. The molecular weight excluding hydrogens is 442 g/mol. The fourth-order valence-electron chi connectivity index (χ4n) is 2.98. The Labute approximate surface area is 195 Å². The molecule has 33 heavy (non-hydrogen) atoms. The Morgan fingerprint density at radius 2 is 1.58 bits per heavy atom. The Hall–Kier alpha value is -3.66. The van der Waals surface area contributed by atoms with Crippen molar-refractivity contribution in [2.75, 3.05) is 23.0 Å². The van der Waals surface area contributed by atoms with E-state index in [9.17, 15) is 14.4 Å². The molecule has 0 aliphatic rings. The van der Waals surface area contributed by atoms with Gasteiger partial charge in [0.2, 0.25) is 11.8 Å². The highest BCUT2D eigenvalue weighted by atomic mass is 32.2. The van der Waals surface area contributed by atoms with Gasteiger partial charge in [-0.25, -0.2) is 4.79 Å². The first kappa shape index (κ1) is 24.0. The van der Waals surface area contributed by atoms with E-state index in [0.29, 0.717) is 41.1 Å². The molecule has 2 amide bonds. The van der Waals surface area contributed by atoms with E-state index < -0.39 is 5.97 Å². The number of rotatable bonds is 10. The summed E-state index contributed by atoms with van der Waals surface area (Å²) in [6, 6.07) is 15.7. The van der Waals surface area contributed by atoms with Crippen molar-refractivity contribution in [2.24, 2.45) is 0 Å². The first-order valence-corrected chi connectivity index (χ1v) is 11.5. The van der Waals surface area contributed by atoms with Crippen molar-refractivity contribution in [3.05, 3.63) is 66.0 Å². The molecule has 0 spiro atoms. The van der Waals surface area contributed by atoms with Gasteiger partial charge >= 0.3 is 5.97 Å². The third-order valence-electron chi connectivity index (χ3n) is 4.50. The maximum atomic E-state index is 12.3. The van der Waals surface area contributed by atoms with Crippen molar-refractivity contribution in [1.29, 1.82) is 0 Å². The lowest BCUT2D eigenvalue weighted by molar-refractivity contribution is -0.116. The van der Waals surface area contributed by atoms with E-state index in [2.05, 4.69) is 20.8 Å². The minimum absolute atomic E-state index is 0.0787. The normalized spacial score (nSPS) is 10.5. The summed E-state index contributed by atoms with van der Waals surface area (Å²) in [6.07, 6.45) is 0.0787. The number of nitrogens with one attached hydrogen (secondary N) is 2. The van der Waals surface area contributed by atoms with Crippen LogP contribution in [0.2, 0.25) is 0 Å². The summed E-state index contributed by atoms with van der Waals surface area (Å²) in [4.78, 5) is 36.4. The van der Waals surface area contributed by atoms with Crippen LogP contribution in [0.5, 0.6) is 0 Å². The second-order valence-electron chi connectivity index (χ2n) is 6.87. The van der Waals surface area contributed by atoms with Gasteiger partial charge in [-0.1, -0.05) is 30.0 Å². The lowest BCUT2D eigenvalue weighted by Gasteiger charge is -2.09. The van der Waals surface area contributed by atoms with Crippen molar-refractivity contribution in [3.63, 3.8) is 0 Å². The Kier molecular flexibility index (Phi) is 8.59. The van der Waals surface area contributed by atoms with Crippen LogP contribution in [-0.2, 0) is 27.3 Å². The molecule has 0 saturated carbocycles. The topological polar surface area (TPSA) is 115 Å². The number of ether oxygens (including phenoxy) is 1. The van der Waals surface area contributed by atoms with Gasteiger partial charge in [-0.3, -0.25) is 9.59 Å². The van der Waals surface area contributed by atoms with Gasteiger partial charge in [0, 0.05) is 17.9 Å². The van der Waals surface area contributed by atoms with E-state index in [1.807, 2.05) is 41.8 Å². The summed E-state index contributed by atoms with van der Waals surface area (Å²) < 4.78 is 6.76. The van der Waals surface area contributed by atoms with Gasteiger partial charge in [-0.2, -0.15) is 0 Å². The standard InChI is InChI=1S/C23H25N5O4S/c1-3-28-19(14-20(29)24-17-8-6-5-7-9-17)26-27-23(28)33-15-21(30)25-18-12-10-16(11-13-18)22(31)32-4-2/h5-13H,3-4,14-15H2,1-2H3,(H,24,29)(H,25,30). The number of esters is 1. The number of para-hydroxylation sites is 1. The Balaban J connectivity index is 1.53. The van der Waals surface area contributed by atoms with Gasteiger partial charge < -0.3 is 19.9 Å². The van der Waals surface area contributed by atoms with E-state index in [4.69, 9.17) is 4.74 Å².